The highest BCUT2D eigenvalue weighted by atomic mass is 31.1. The Morgan fingerprint density at radius 3 is 1.25 bits per heavy atom. The normalized spacial score (nSPS) is 4.50. The highest BCUT2D eigenvalue weighted by Gasteiger charge is 1.35. The van der Waals surface area contributed by atoms with Crippen molar-refractivity contribution in [2.75, 3.05) is 13.3 Å². The minimum atomic E-state index is 0. The molecule has 0 spiro atoms. The summed E-state index contributed by atoms with van der Waals surface area (Å²) in [5.41, 5.74) is 0. The van der Waals surface area contributed by atoms with Crippen LogP contribution in [0.5, 0.6) is 0 Å². The summed E-state index contributed by atoms with van der Waals surface area (Å²) < 4.78 is 0. The van der Waals surface area contributed by atoms with E-state index in [4.69, 9.17) is 0 Å². The maximum atomic E-state index is 2.10. The molecule has 0 aliphatic rings. The van der Waals surface area contributed by atoms with Gasteiger partial charge in [-0.15, -0.1) is 0 Å². The molecule has 0 aromatic rings. The lowest BCUT2D eigenvalue weighted by molar-refractivity contribution is 2.32. The maximum absolute atomic E-state index is 2.10. The Hall–Kier alpha value is 0.430. The summed E-state index contributed by atoms with van der Waals surface area (Å²) in [7, 11) is 1.42. The predicted octanol–water partition coefficient (Wildman–Crippen LogP) is 1.83. The molecule has 4 heavy (non-hydrogen) atoms. The van der Waals surface area contributed by atoms with Gasteiger partial charge in [-0.05, 0) is 13.3 Å². The first kappa shape index (κ1) is 8.83. The fourth-order valence-electron chi connectivity index (χ4n) is 0. The summed E-state index contributed by atoms with van der Waals surface area (Å²) in [6.07, 6.45) is 0. The topological polar surface area (TPSA) is 0 Å². The Balaban J connectivity index is 0. The van der Waals surface area contributed by atoms with E-state index in [1.165, 1.54) is 8.58 Å². The third-order valence-electron chi connectivity index (χ3n) is 0. The van der Waals surface area contributed by atoms with E-state index in [0.29, 0.717) is 0 Å². The van der Waals surface area contributed by atoms with Crippen LogP contribution in [-0.4, -0.2) is 13.3 Å². The Bertz CT molecular complexity index is 3.25. The fourth-order valence-corrected chi connectivity index (χ4v) is 0. The van der Waals surface area contributed by atoms with E-state index in [1.54, 1.807) is 0 Å². The lowest BCUT2D eigenvalue weighted by Gasteiger charge is -1.48. The average molecular weight is 77.1 g/mol. The third kappa shape index (κ3) is 26.9. The minimum Gasteiger partial charge on any atom is -0.0879 e. The molecule has 0 saturated carbocycles. The minimum absolute atomic E-state index is 0. The standard InChI is InChI=1S/C2H6P.CH4/c1-3-2;/h1-2H3;1H4. The molecule has 0 atom stereocenters. The smallest absolute Gasteiger partial charge is 0.0408 e. The molecule has 0 saturated heterocycles. The molecule has 0 nitrogen and oxygen atoms in total. The molecule has 1 radical (unpaired) electrons. The van der Waals surface area contributed by atoms with E-state index < -0.39 is 0 Å². The van der Waals surface area contributed by atoms with E-state index in [2.05, 4.69) is 13.3 Å². The largest absolute Gasteiger partial charge is 0.0879 e. The molecule has 27 valence electrons. The van der Waals surface area contributed by atoms with Crippen LogP contribution in [0.4, 0.5) is 0 Å². The average Bonchev–Trinajstić information content (AvgIpc) is 0.918. The molecule has 0 aromatic heterocycles. The van der Waals surface area contributed by atoms with Crippen molar-refractivity contribution in [2.24, 2.45) is 0 Å². The lowest BCUT2D eigenvalue weighted by atomic mass is 11.9. The number of hydrogen-bond acceptors (Lipinski definition) is 0. The molecule has 0 rings (SSSR count). The third-order valence-corrected chi connectivity index (χ3v) is 0. The molecule has 0 N–H and O–H groups in total. The van der Waals surface area contributed by atoms with Crippen LogP contribution < -0.4 is 0 Å². The highest BCUT2D eigenvalue weighted by molar-refractivity contribution is 7.35. The zero-order valence-electron chi connectivity index (χ0n) is 2.45. The van der Waals surface area contributed by atoms with E-state index in [-0.39, 0.29) is 7.43 Å². The van der Waals surface area contributed by atoms with Crippen LogP contribution in [0, 0.1) is 0 Å². The molecule has 0 aliphatic carbocycles. The van der Waals surface area contributed by atoms with Crippen molar-refractivity contribution < 1.29 is 0 Å². The second kappa shape index (κ2) is 9.90. The SMILES string of the molecule is C.C[P]C. The zero-order valence-corrected chi connectivity index (χ0v) is 3.34. The van der Waals surface area contributed by atoms with Crippen LogP contribution in [-0.2, 0) is 0 Å². The van der Waals surface area contributed by atoms with Crippen molar-refractivity contribution in [3.05, 3.63) is 0 Å². The lowest BCUT2D eigenvalue weighted by Crippen LogP contribution is -1.18. The first-order valence-electron chi connectivity index (χ1n) is 0.894. The van der Waals surface area contributed by atoms with Crippen molar-refractivity contribution in [2.45, 2.75) is 7.43 Å². The van der Waals surface area contributed by atoms with Gasteiger partial charge >= 0.3 is 0 Å². The Morgan fingerprint density at radius 1 is 1.25 bits per heavy atom. The van der Waals surface area contributed by atoms with Crippen molar-refractivity contribution >= 4 is 8.58 Å². The van der Waals surface area contributed by atoms with Crippen molar-refractivity contribution in [1.29, 1.82) is 0 Å². The van der Waals surface area contributed by atoms with Crippen LogP contribution in [0.3, 0.4) is 0 Å². The molecule has 0 heterocycles. The molecule has 0 bridgehead atoms. The van der Waals surface area contributed by atoms with Gasteiger partial charge in [0, 0.05) is 0 Å². The van der Waals surface area contributed by atoms with Gasteiger partial charge in [-0.25, -0.2) is 0 Å². The van der Waals surface area contributed by atoms with Gasteiger partial charge < -0.3 is 0 Å². The van der Waals surface area contributed by atoms with Gasteiger partial charge in [-0.3, -0.25) is 0 Å². The summed E-state index contributed by atoms with van der Waals surface area (Å²) in [6, 6.07) is 0. The van der Waals surface area contributed by atoms with Crippen LogP contribution in [0.2, 0.25) is 0 Å². The molecule has 0 amide bonds. The zero-order chi connectivity index (χ0) is 2.71. The van der Waals surface area contributed by atoms with Gasteiger partial charge in [0.15, 0.2) is 0 Å². The van der Waals surface area contributed by atoms with Crippen LogP contribution in [0.15, 0.2) is 0 Å². The van der Waals surface area contributed by atoms with Gasteiger partial charge in [0.25, 0.3) is 0 Å². The Kier molecular flexibility index (Phi) is 21.9. The van der Waals surface area contributed by atoms with Gasteiger partial charge in [-0.2, -0.15) is 0 Å². The highest BCUT2D eigenvalue weighted by Crippen LogP contribution is 1.84. The van der Waals surface area contributed by atoms with E-state index >= 15 is 0 Å². The van der Waals surface area contributed by atoms with Crippen LogP contribution in [0.25, 0.3) is 0 Å². The summed E-state index contributed by atoms with van der Waals surface area (Å²) in [5, 5.41) is 0. The van der Waals surface area contributed by atoms with Gasteiger partial charge in [0.2, 0.25) is 0 Å². The fraction of sp³-hybridized carbons (Fsp3) is 1.00. The quantitative estimate of drug-likeness (QED) is 0.387. The first-order valence-corrected chi connectivity index (χ1v) is 2.68. The van der Waals surface area contributed by atoms with Crippen LogP contribution >= 0.6 is 8.58 Å². The summed E-state index contributed by atoms with van der Waals surface area (Å²) >= 11 is 0. The molecule has 0 fully saturated rings. The number of rotatable bonds is 0. The maximum Gasteiger partial charge on any atom is -0.0408 e. The second-order valence-corrected chi connectivity index (χ2v) is 1.34. The molecule has 1 heteroatoms. The Labute approximate surface area is 30.4 Å². The van der Waals surface area contributed by atoms with Crippen molar-refractivity contribution in [3.8, 4) is 0 Å². The molecule has 0 unspecified atom stereocenters. The summed E-state index contributed by atoms with van der Waals surface area (Å²) in [4.78, 5) is 0. The predicted molar refractivity (Wildman–Crippen MR) is 25.5 cm³/mol. The second-order valence-electron chi connectivity index (χ2n) is 0.447. The molecular weight excluding hydrogens is 67.0 g/mol. The van der Waals surface area contributed by atoms with Gasteiger partial charge in [-0.1, -0.05) is 16.0 Å². The number of hydrogen-bond donors (Lipinski definition) is 0. The van der Waals surface area contributed by atoms with Crippen molar-refractivity contribution in [3.63, 3.8) is 0 Å². The molecule has 0 aromatic carbocycles. The van der Waals surface area contributed by atoms with Gasteiger partial charge in [0.1, 0.15) is 0 Å². The van der Waals surface area contributed by atoms with E-state index in [0.717, 1.165) is 0 Å². The molecular formula is C3H10P. The Morgan fingerprint density at radius 2 is 1.25 bits per heavy atom. The van der Waals surface area contributed by atoms with Gasteiger partial charge in [0.05, 0.1) is 0 Å². The summed E-state index contributed by atoms with van der Waals surface area (Å²) in [5.74, 6) is 0. The van der Waals surface area contributed by atoms with E-state index in [9.17, 15) is 0 Å². The monoisotopic (exact) mass is 77.1 g/mol. The first-order chi connectivity index (χ1) is 1.41. The van der Waals surface area contributed by atoms with Crippen molar-refractivity contribution in [1.82, 2.24) is 0 Å². The molecule has 0 aliphatic heterocycles. The van der Waals surface area contributed by atoms with Crippen LogP contribution in [0.1, 0.15) is 7.43 Å². The van der Waals surface area contributed by atoms with E-state index in [1.807, 2.05) is 0 Å². The summed E-state index contributed by atoms with van der Waals surface area (Å²) in [6.45, 7) is 4.19.